The van der Waals surface area contributed by atoms with E-state index in [0.29, 0.717) is 6.54 Å². The van der Waals surface area contributed by atoms with Crippen molar-refractivity contribution in [1.82, 2.24) is 19.9 Å². The Morgan fingerprint density at radius 3 is 2.58 bits per heavy atom. The van der Waals surface area contributed by atoms with Gasteiger partial charge in [-0.2, -0.15) is 0 Å². The normalized spacial score (nSPS) is 11.0. The largest absolute Gasteiger partial charge is 0.444 e. The summed E-state index contributed by atoms with van der Waals surface area (Å²) in [6.07, 6.45) is 1.88. The highest BCUT2D eigenvalue weighted by Crippen LogP contribution is 2.11. The summed E-state index contributed by atoms with van der Waals surface area (Å²) in [6, 6.07) is 0. The van der Waals surface area contributed by atoms with Gasteiger partial charge in [0.15, 0.2) is 0 Å². The molecule has 2 rings (SSSR count). The number of hydrogen-bond donors (Lipinski definition) is 1. The van der Waals surface area contributed by atoms with E-state index in [0.717, 1.165) is 35.5 Å². The monoisotopic (exact) mass is 263 g/mol. The number of nitrogens with zero attached hydrogens (tertiary/aromatic N) is 4. The third-order valence-electron chi connectivity index (χ3n) is 3.12. The predicted octanol–water partition coefficient (Wildman–Crippen LogP) is 1.38. The van der Waals surface area contributed by atoms with Gasteiger partial charge in [-0.25, -0.2) is 9.97 Å². The van der Waals surface area contributed by atoms with Crippen LogP contribution in [0.1, 0.15) is 23.0 Å². The van der Waals surface area contributed by atoms with Crippen molar-refractivity contribution in [2.45, 2.75) is 26.9 Å². The van der Waals surface area contributed by atoms with Crippen LogP contribution in [0.25, 0.3) is 0 Å². The zero-order valence-electron chi connectivity index (χ0n) is 12.2. The Balaban J connectivity index is 1.92. The van der Waals surface area contributed by atoms with Crippen molar-refractivity contribution in [1.29, 1.82) is 0 Å². The average molecular weight is 263 g/mol. The molecule has 0 aliphatic rings. The minimum atomic E-state index is 0.622. The summed E-state index contributed by atoms with van der Waals surface area (Å²) in [5.41, 5.74) is 2.08. The molecule has 0 atom stereocenters. The molecule has 19 heavy (non-hydrogen) atoms. The topological polar surface area (TPSA) is 59.1 Å². The second-order valence-corrected chi connectivity index (χ2v) is 4.86. The fourth-order valence-corrected chi connectivity index (χ4v) is 1.93. The molecule has 0 spiro atoms. The third kappa shape index (κ3) is 2.96. The zero-order valence-corrected chi connectivity index (χ0v) is 12.2. The molecular formula is C13H21N5O. The molecule has 6 nitrogen and oxygen atoms in total. The first-order chi connectivity index (χ1) is 8.99. The smallest absolute Gasteiger partial charge is 0.208 e. The van der Waals surface area contributed by atoms with Crippen molar-refractivity contribution in [3.63, 3.8) is 0 Å². The lowest BCUT2D eigenvalue weighted by Gasteiger charge is -2.12. The van der Waals surface area contributed by atoms with Crippen molar-refractivity contribution in [2.24, 2.45) is 7.05 Å². The number of aryl methyl sites for hydroxylation is 2. The lowest BCUT2D eigenvalue weighted by Crippen LogP contribution is -2.18. The second kappa shape index (κ2) is 5.44. The molecule has 0 amide bonds. The Morgan fingerprint density at radius 1 is 1.32 bits per heavy atom. The maximum Gasteiger partial charge on any atom is 0.208 e. The van der Waals surface area contributed by atoms with Gasteiger partial charge >= 0.3 is 0 Å². The van der Waals surface area contributed by atoms with Crippen LogP contribution in [-0.4, -0.2) is 28.6 Å². The van der Waals surface area contributed by atoms with Crippen LogP contribution >= 0.6 is 0 Å². The van der Waals surface area contributed by atoms with E-state index < -0.39 is 0 Å². The van der Waals surface area contributed by atoms with Gasteiger partial charge in [-0.1, -0.05) is 0 Å². The second-order valence-electron chi connectivity index (χ2n) is 4.86. The van der Waals surface area contributed by atoms with Crippen molar-refractivity contribution >= 4 is 5.95 Å². The summed E-state index contributed by atoms with van der Waals surface area (Å²) in [7, 11) is 5.98. The van der Waals surface area contributed by atoms with Crippen molar-refractivity contribution in [3.05, 3.63) is 29.2 Å². The molecule has 0 aliphatic carbocycles. The lowest BCUT2D eigenvalue weighted by atomic mass is 10.4. The minimum Gasteiger partial charge on any atom is -0.444 e. The van der Waals surface area contributed by atoms with Gasteiger partial charge in [0.25, 0.3) is 0 Å². The van der Waals surface area contributed by atoms with Crippen molar-refractivity contribution < 1.29 is 4.42 Å². The predicted molar refractivity (Wildman–Crippen MR) is 74.1 cm³/mol. The number of imidazole rings is 1. The van der Waals surface area contributed by atoms with Crippen LogP contribution in [0.2, 0.25) is 0 Å². The van der Waals surface area contributed by atoms with Crippen LogP contribution in [-0.2, 0) is 20.1 Å². The third-order valence-corrected chi connectivity index (χ3v) is 3.12. The van der Waals surface area contributed by atoms with Crippen LogP contribution in [0.3, 0.4) is 0 Å². The van der Waals surface area contributed by atoms with Crippen LogP contribution in [0.5, 0.6) is 0 Å². The van der Waals surface area contributed by atoms with Crippen molar-refractivity contribution in [3.8, 4) is 0 Å². The summed E-state index contributed by atoms with van der Waals surface area (Å²) in [6.45, 7) is 5.23. The number of hydrogen-bond acceptors (Lipinski definition) is 5. The number of aromatic nitrogens is 3. The fraction of sp³-hybridized carbons (Fsp3) is 0.538. The Morgan fingerprint density at radius 2 is 2.05 bits per heavy atom. The van der Waals surface area contributed by atoms with E-state index in [1.807, 2.05) is 46.1 Å². The molecule has 2 aromatic heterocycles. The molecule has 104 valence electrons. The Kier molecular flexibility index (Phi) is 3.90. The molecule has 0 aliphatic heterocycles. The first-order valence-corrected chi connectivity index (χ1v) is 6.30. The molecule has 2 heterocycles. The molecule has 0 unspecified atom stereocenters. The van der Waals surface area contributed by atoms with Gasteiger partial charge in [0, 0.05) is 27.7 Å². The molecule has 6 heteroatoms. The zero-order chi connectivity index (χ0) is 14.0. The molecule has 0 saturated heterocycles. The maximum absolute atomic E-state index is 5.52. The van der Waals surface area contributed by atoms with Crippen LogP contribution in [0.4, 0.5) is 5.95 Å². The molecule has 0 radical (unpaired) electrons. The highest BCUT2D eigenvalue weighted by Gasteiger charge is 2.09. The number of rotatable bonds is 5. The van der Waals surface area contributed by atoms with Gasteiger partial charge in [0.05, 0.1) is 24.1 Å². The average Bonchev–Trinajstić information content (AvgIpc) is 2.84. The molecule has 0 fully saturated rings. The van der Waals surface area contributed by atoms with Gasteiger partial charge in [-0.15, -0.1) is 0 Å². The fourth-order valence-electron chi connectivity index (χ4n) is 1.93. The number of oxazole rings is 1. The maximum atomic E-state index is 5.52. The SMILES string of the molecule is Cc1nc(CNCc2cnc(N(C)C)n2C)oc1C. The van der Waals surface area contributed by atoms with E-state index in [2.05, 4.69) is 19.9 Å². The Hall–Kier alpha value is -1.82. The van der Waals surface area contributed by atoms with Crippen LogP contribution < -0.4 is 10.2 Å². The van der Waals surface area contributed by atoms with Crippen LogP contribution in [0.15, 0.2) is 10.6 Å². The molecule has 2 aromatic rings. The van der Waals surface area contributed by atoms with E-state index in [1.165, 1.54) is 0 Å². The molecule has 1 N–H and O–H groups in total. The highest BCUT2D eigenvalue weighted by atomic mass is 16.4. The molecule has 0 saturated carbocycles. The first-order valence-electron chi connectivity index (χ1n) is 6.30. The summed E-state index contributed by atoms with van der Waals surface area (Å²) in [4.78, 5) is 10.7. The Labute approximate surface area is 113 Å². The standard InChI is InChI=1S/C13H21N5O/c1-9-10(2)19-12(16-9)8-14-6-11-7-15-13(17(3)4)18(11)5/h7,14H,6,8H2,1-5H3. The summed E-state index contributed by atoms with van der Waals surface area (Å²) in [5.74, 6) is 2.55. The van der Waals surface area contributed by atoms with Crippen molar-refractivity contribution in [2.75, 3.05) is 19.0 Å². The molecular weight excluding hydrogens is 242 g/mol. The van der Waals surface area contributed by atoms with E-state index in [1.54, 1.807) is 0 Å². The van der Waals surface area contributed by atoms with E-state index in [9.17, 15) is 0 Å². The Bertz CT molecular complexity index is 536. The minimum absolute atomic E-state index is 0.622. The molecule has 0 aromatic carbocycles. The van der Waals surface area contributed by atoms with Gasteiger partial charge in [-0.05, 0) is 13.8 Å². The summed E-state index contributed by atoms with van der Waals surface area (Å²) < 4.78 is 7.59. The molecule has 0 bridgehead atoms. The highest BCUT2D eigenvalue weighted by molar-refractivity contribution is 5.30. The van der Waals surface area contributed by atoms with Gasteiger partial charge in [-0.3, -0.25) is 0 Å². The van der Waals surface area contributed by atoms with Gasteiger partial charge in [0.1, 0.15) is 5.76 Å². The number of nitrogens with one attached hydrogen (secondary N) is 1. The summed E-state index contributed by atoms with van der Waals surface area (Å²) >= 11 is 0. The van der Waals surface area contributed by atoms with E-state index in [4.69, 9.17) is 4.42 Å². The van der Waals surface area contributed by atoms with E-state index in [-0.39, 0.29) is 0 Å². The lowest BCUT2D eigenvalue weighted by molar-refractivity contribution is 0.447. The van der Waals surface area contributed by atoms with Gasteiger partial charge < -0.3 is 19.2 Å². The van der Waals surface area contributed by atoms with Gasteiger partial charge in [0.2, 0.25) is 11.8 Å². The van der Waals surface area contributed by atoms with E-state index >= 15 is 0 Å². The first kappa shape index (κ1) is 13.6. The summed E-state index contributed by atoms with van der Waals surface area (Å²) in [5, 5.41) is 3.32. The number of anilines is 1. The quantitative estimate of drug-likeness (QED) is 0.883. The van der Waals surface area contributed by atoms with Crippen LogP contribution in [0, 0.1) is 13.8 Å².